The predicted octanol–water partition coefficient (Wildman–Crippen LogP) is 2.47. The van der Waals surface area contributed by atoms with Gasteiger partial charge in [-0.2, -0.15) is 4.98 Å². The van der Waals surface area contributed by atoms with Crippen LogP contribution in [0.15, 0.2) is 95.9 Å². The lowest BCUT2D eigenvalue weighted by molar-refractivity contribution is -0.0962. The van der Waals surface area contributed by atoms with Crippen molar-refractivity contribution < 1.29 is 29.2 Å². The van der Waals surface area contributed by atoms with E-state index in [-0.39, 0.29) is 12.4 Å². The number of hydrogen-bond acceptors (Lipinski definition) is 9. The van der Waals surface area contributed by atoms with Crippen LogP contribution in [-0.4, -0.2) is 58.9 Å². The molecule has 1 saturated heterocycles. The third-order valence-corrected chi connectivity index (χ3v) is 7.07. The van der Waals surface area contributed by atoms with E-state index in [0.29, 0.717) is 17.1 Å². The maximum Gasteiger partial charge on any atom is 0.351 e. The van der Waals surface area contributed by atoms with E-state index in [1.807, 2.05) is 72.8 Å². The molecule has 3 aromatic carbocycles. The molecule has 4 atom stereocenters. The molecular formula is C30H31N3O7. The maximum atomic E-state index is 12.4. The minimum atomic E-state index is -1.41. The van der Waals surface area contributed by atoms with Gasteiger partial charge in [0.15, 0.2) is 17.7 Å². The van der Waals surface area contributed by atoms with E-state index in [0.717, 1.165) is 15.7 Å². The Hall–Kier alpha value is -4.22. The fourth-order valence-corrected chi connectivity index (χ4v) is 5.16. The van der Waals surface area contributed by atoms with Crippen LogP contribution in [-0.2, 0) is 15.1 Å². The van der Waals surface area contributed by atoms with Crippen LogP contribution in [0.4, 0.5) is 5.82 Å². The lowest BCUT2D eigenvalue weighted by Crippen LogP contribution is -2.40. The van der Waals surface area contributed by atoms with Gasteiger partial charge in [0.1, 0.15) is 29.7 Å². The van der Waals surface area contributed by atoms with Gasteiger partial charge in [0, 0.05) is 11.8 Å². The Morgan fingerprint density at radius 3 is 2.12 bits per heavy atom. The standard InChI is InChI=1S/C30H31N3O7/c1-37-22-15-9-14-21(27(22)38-2)30(19-10-5-3-6-11-19,20-12-7-4-8-13-20)39-18-23-25(34)26(35)28(40-23)33-17-16-24(31)32-29(33)36/h3-17,23,25-26,28,34-35H,18H2,1-2H3,(H2,31,32,36)/t23-,25-,26-,28-/m1/s1. The summed E-state index contributed by atoms with van der Waals surface area (Å²) in [6.45, 7) is -0.157. The van der Waals surface area contributed by atoms with Crippen LogP contribution in [0, 0.1) is 0 Å². The molecule has 2 heterocycles. The van der Waals surface area contributed by atoms with Gasteiger partial charge in [0.25, 0.3) is 0 Å². The molecule has 1 aromatic heterocycles. The quantitative estimate of drug-likeness (QED) is 0.271. The molecule has 10 heteroatoms. The molecule has 0 spiro atoms. The van der Waals surface area contributed by atoms with E-state index in [1.54, 1.807) is 20.3 Å². The van der Waals surface area contributed by atoms with Crippen molar-refractivity contribution in [3.8, 4) is 11.5 Å². The molecule has 4 aromatic rings. The zero-order chi connectivity index (χ0) is 28.3. The number of aromatic nitrogens is 2. The number of ether oxygens (including phenoxy) is 4. The van der Waals surface area contributed by atoms with Gasteiger partial charge in [-0.25, -0.2) is 4.79 Å². The number of aliphatic hydroxyl groups is 2. The van der Waals surface area contributed by atoms with Crippen LogP contribution >= 0.6 is 0 Å². The van der Waals surface area contributed by atoms with Gasteiger partial charge in [-0.05, 0) is 23.3 Å². The van der Waals surface area contributed by atoms with E-state index in [9.17, 15) is 15.0 Å². The number of nitrogen functional groups attached to an aromatic ring is 1. The molecule has 0 saturated carbocycles. The largest absolute Gasteiger partial charge is 0.493 e. The number of nitrogens with two attached hydrogens (primary N) is 1. The van der Waals surface area contributed by atoms with Crippen molar-refractivity contribution in [1.29, 1.82) is 0 Å². The summed E-state index contributed by atoms with van der Waals surface area (Å²) in [6, 6.07) is 26.2. The summed E-state index contributed by atoms with van der Waals surface area (Å²) in [5.74, 6) is 1.03. The first-order chi connectivity index (χ1) is 19.4. The van der Waals surface area contributed by atoms with Gasteiger partial charge in [-0.3, -0.25) is 4.57 Å². The van der Waals surface area contributed by atoms with Crippen molar-refractivity contribution in [2.24, 2.45) is 0 Å². The second kappa shape index (κ2) is 11.5. The van der Waals surface area contributed by atoms with Crippen LogP contribution in [0.1, 0.15) is 22.9 Å². The van der Waals surface area contributed by atoms with Crippen molar-refractivity contribution in [2.45, 2.75) is 30.1 Å². The molecule has 4 N–H and O–H groups in total. The Morgan fingerprint density at radius 2 is 1.55 bits per heavy atom. The first-order valence-corrected chi connectivity index (χ1v) is 12.7. The Bertz CT molecular complexity index is 1460. The van der Waals surface area contributed by atoms with Crippen LogP contribution in [0.25, 0.3) is 0 Å². The van der Waals surface area contributed by atoms with Gasteiger partial charge in [0.05, 0.1) is 20.8 Å². The molecule has 0 unspecified atom stereocenters. The fraction of sp³-hybridized carbons (Fsp3) is 0.267. The van der Waals surface area contributed by atoms with E-state index in [1.165, 1.54) is 12.3 Å². The summed E-state index contributed by atoms with van der Waals surface area (Å²) >= 11 is 0. The van der Waals surface area contributed by atoms with E-state index < -0.39 is 35.8 Å². The SMILES string of the molecule is COc1cccc(C(OC[C@H]2O[C@@H](n3ccc(N)nc3=O)[C@H](O)[C@@H]2O)(c2ccccc2)c2ccccc2)c1OC. The molecule has 40 heavy (non-hydrogen) atoms. The third-order valence-electron chi connectivity index (χ3n) is 7.07. The molecule has 10 nitrogen and oxygen atoms in total. The zero-order valence-electron chi connectivity index (χ0n) is 22.1. The summed E-state index contributed by atoms with van der Waals surface area (Å²) < 4.78 is 25.4. The summed E-state index contributed by atoms with van der Waals surface area (Å²) in [7, 11) is 3.12. The Balaban J connectivity index is 1.60. The lowest BCUT2D eigenvalue weighted by Gasteiger charge is -2.37. The molecule has 0 bridgehead atoms. The van der Waals surface area contributed by atoms with Crippen molar-refractivity contribution in [3.63, 3.8) is 0 Å². The molecule has 0 radical (unpaired) electrons. The number of hydrogen-bond donors (Lipinski definition) is 3. The summed E-state index contributed by atoms with van der Waals surface area (Å²) in [5.41, 5.74) is 5.90. The molecular weight excluding hydrogens is 514 g/mol. The number of rotatable bonds is 9. The second-order valence-electron chi connectivity index (χ2n) is 9.35. The number of para-hydroxylation sites is 1. The summed E-state index contributed by atoms with van der Waals surface area (Å²) in [5, 5.41) is 21.8. The van der Waals surface area contributed by atoms with E-state index >= 15 is 0 Å². The first kappa shape index (κ1) is 27.4. The molecule has 1 fully saturated rings. The zero-order valence-corrected chi connectivity index (χ0v) is 22.1. The number of methoxy groups -OCH3 is 2. The van der Waals surface area contributed by atoms with Gasteiger partial charge >= 0.3 is 5.69 Å². The highest BCUT2D eigenvalue weighted by atomic mass is 16.6. The number of anilines is 1. The van der Waals surface area contributed by atoms with Crippen LogP contribution < -0.4 is 20.9 Å². The number of aliphatic hydroxyl groups excluding tert-OH is 2. The molecule has 1 aliphatic heterocycles. The smallest absolute Gasteiger partial charge is 0.351 e. The average molecular weight is 546 g/mol. The topological polar surface area (TPSA) is 138 Å². The van der Waals surface area contributed by atoms with E-state index in [2.05, 4.69) is 4.98 Å². The van der Waals surface area contributed by atoms with Crippen molar-refractivity contribution in [1.82, 2.24) is 9.55 Å². The minimum Gasteiger partial charge on any atom is -0.493 e. The second-order valence-corrected chi connectivity index (χ2v) is 9.35. The van der Waals surface area contributed by atoms with Gasteiger partial charge in [-0.1, -0.05) is 72.8 Å². The normalized spacial score (nSPS) is 20.8. The van der Waals surface area contributed by atoms with Gasteiger partial charge < -0.3 is 34.9 Å². The van der Waals surface area contributed by atoms with E-state index in [4.69, 9.17) is 24.7 Å². The highest BCUT2D eigenvalue weighted by Crippen LogP contribution is 2.47. The first-order valence-electron chi connectivity index (χ1n) is 12.7. The maximum absolute atomic E-state index is 12.4. The van der Waals surface area contributed by atoms with Crippen molar-refractivity contribution in [3.05, 3.63) is 118 Å². The minimum absolute atomic E-state index is 0.0388. The Morgan fingerprint density at radius 1 is 0.900 bits per heavy atom. The third kappa shape index (κ3) is 4.82. The monoisotopic (exact) mass is 545 g/mol. The summed E-state index contributed by atoms with van der Waals surface area (Å²) in [4.78, 5) is 16.1. The van der Waals surface area contributed by atoms with Gasteiger partial charge in [0.2, 0.25) is 0 Å². The van der Waals surface area contributed by atoms with Crippen LogP contribution in [0.5, 0.6) is 11.5 Å². The molecule has 5 rings (SSSR count). The predicted molar refractivity (Wildman–Crippen MR) is 147 cm³/mol. The molecule has 208 valence electrons. The van der Waals surface area contributed by atoms with Crippen molar-refractivity contribution >= 4 is 5.82 Å². The lowest BCUT2D eigenvalue weighted by atomic mass is 9.79. The molecule has 1 aliphatic rings. The Labute approximate surface area is 231 Å². The Kier molecular flexibility index (Phi) is 7.85. The van der Waals surface area contributed by atoms with Crippen LogP contribution in [0.2, 0.25) is 0 Å². The number of nitrogens with zero attached hydrogens (tertiary/aromatic N) is 2. The van der Waals surface area contributed by atoms with Gasteiger partial charge in [-0.15, -0.1) is 0 Å². The average Bonchev–Trinajstić information content (AvgIpc) is 3.27. The number of benzene rings is 3. The molecule has 0 amide bonds. The van der Waals surface area contributed by atoms with Crippen LogP contribution in [0.3, 0.4) is 0 Å². The van der Waals surface area contributed by atoms with Crippen molar-refractivity contribution in [2.75, 3.05) is 26.6 Å². The molecule has 0 aliphatic carbocycles. The highest BCUT2D eigenvalue weighted by Gasteiger charge is 2.47. The summed E-state index contributed by atoms with van der Waals surface area (Å²) in [6.07, 6.45) is -3.57. The fourth-order valence-electron chi connectivity index (χ4n) is 5.16. The highest BCUT2D eigenvalue weighted by molar-refractivity contribution is 5.57.